The molecule has 0 saturated heterocycles. The Labute approximate surface area is 217 Å². The number of hydrogen-bond acceptors (Lipinski definition) is 2. The number of methoxy groups -OCH3 is 1. The molecule has 2 nitrogen and oxygen atoms in total. The Morgan fingerprint density at radius 3 is 2.19 bits per heavy atom. The third-order valence-corrected chi connectivity index (χ3v) is 9.58. The molecule has 3 aromatic rings. The first-order chi connectivity index (χ1) is 17.1. The molecular formula is C34H42O2. The summed E-state index contributed by atoms with van der Waals surface area (Å²) in [5.74, 6) is 3.57. The van der Waals surface area contributed by atoms with Crippen molar-refractivity contribution in [3.63, 3.8) is 0 Å². The SMILES string of the molecule is COc1cc2c3c(cc(O)c2cc1C1CC2CCC1CC2)CC(C)(C)CC(C)(C)Cc1ccccc1-3. The summed E-state index contributed by atoms with van der Waals surface area (Å²) in [5, 5.41) is 13.6. The van der Waals surface area contributed by atoms with Gasteiger partial charge in [0, 0.05) is 5.39 Å². The lowest BCUT2D eigenvalue weighted by Gasteiger charge is -2.43. The van der Waals surface area contributed by atoms with Gasteiger partial charge >= 0.3 is 0 Å². The molecule has 3 fully saturated rings. The second kappa shape index (κ2) is 8.54. The van der Waals surface area contributed by atoms with Crippen LogP contribution in [0.4, 0.5) is 0 Å². The largest absolute Gasteiger partial charge is 0.507 e. The number of hydrogen-bond donors (Lipinski definition) is 1. The van der Waals surface area contributed by atoms with Gasteiger partial charge < -0.3 is 9.84 Å². The first kappa shape index (κ1) is 23.9. The van der Waals surface area contributed by atoms with Crippen LogP contribution in [0.2, 0.25) is 0 Å². The van der Waals surface area contributed by atoms with Crippen LogP contribution in [0, 0.1) is 22.7 Å². The van der Waals surface area contributed by atoms with Gasteiger partial charge in [-0.1, -0.05) is 64.8 Å². The van der Waals surface area contributed by atoms with Gasteiger partial charge in [-0.3, -0.25) is 0 Å². The highest BCUT2D eigenvalue weighted by Gasteiger charge is 2.38. The van der Waals surface area contributed by atoms with E-state index in [0.29, 0.717) is 11.7 Å². The smallest absolute Gasteiger partial charge is 0.123 e. The number of ether oxygens (including phenoxy) is 1. The van der Waals surface area contributed by atoms with Gasteiger partial charge in [0.2, 0.25) is 0 Å². The molecule has 0 aliphatic heterocycles. The molecule has 2 heteroatoms. The minimum absolute atomic E-state index is 0.131. The van der Waals surface area contributed by atoms with E-state index in [0.717, 1.165) is 47.6 Å². The third kappa shape index (κ3) is 4.11. The van der Waals surface area contributed by atoms with Crippen LogP contribution in [-0.2, 0) is 12.8 Å². The van der Waals surface area contributed by atoms with Gasteiger partial charge in [0.15, 0.2) is 0 Å². The Kier molecular flexibility index (Phi) is 5.67. The van der Waals surface area contributed by atoms with Gasteiger partial charge in [-0.05, 0) is 119 Å². The summed E-state index contributed by atoms with van der Waals surface area (Å²) in [6, 6.07) is 15.6. The summed E-state index contributed by atoms with van der Waals surface area (Å²) in [4.78, 5) is 0. The second-order valence-corrected chi connectivity index (χ2v) is 13.7. The van der Waals surface area contributed by atoms with E-state index in [1.54, 1.807) is 0 Å². The van der Waals surface area contributed by atoms with Crippen LogP contribution in [0.25, 0.3) is 21.9 Å². The minimum Gasteiger partial charge on any atom is -0.507 e. The molecule has 2 bridgehead atoms. The van der Waals surface area contributed by atoms with Crippen molar-refractivity contribution in [1.82, 2.24) is 0 Å². The van der Waals surface area contributed by atoms with Crippen molar-refractivity contribution < 1.29 is 9.84 Å². The molecule has 0 aromatic heterocycles. The van der Waals surface area contributed by atoms with Crippen LogP contribution in [0.15, 0.2) is 42.5 Å². The van der Waals surface area contributed by atoms with Crippen LogP contribution in [-0.4, -0.2) is 12.2 Å². The summed E-state index contributed by atoms with van der Waals surface area (Å²) in [7, 11) is 1.82. The van der Waals surface area contributed by atoms with E-state index in [1.165, 1.54) is 59.9 Å². The summed E-state index contributed by atoms with van der Waals surface area (Å²) in [6.07, 6.45) is 9.85. The number of aromatic hydroxyl groups is 1. The molecule has 4 aliphatic carbocycles. The van der Waals surface area contributed by atoms with Gasteiger partial charge in [-0.15, -0.1) is 0 Å². The van der Waals surface area contributed by atoms with E-state index in [1.807, 2.05) is 7.11 Å². The van der Waals surface area contributed by atoms with Gasteiger partial charge in [0.25, 0.3) is 0 Å². The summed E-state index contributed by atoms with van der Waals surface area (Å²) in [6.45, 7) is 9.59. The standard InChI is InChI=1S/C34H42O2/c1-33(2)18-23-8-6-7-9-25(23)32-24(19-34(3,4)20-33)15-30(35)27-16-28(31(36-5)17-29(27)32)26-14-21-10-12-22(26)13-11-21/h6-9,15-17,21-22,26,35H,10-14,18-20H2,1-5H3. The zero-order valence-corrected chi connectivity index (χ0v) is 22.8. The molecule has 36 heavy (non-hydrogen) atoms. The fourth-order valence-electron chi connectivity index (χ4n) is 8.56. The van der Waals surface area contributed by atoms with Crippen LogP contribution in [0.3, 0.4) is 0 Å². The Morgan fingerprint density at radius 2 is 1.53 bits per heavy atom. The quantitative estimate of drug-likeness (QED) is 0.395. The summed E-state index contributed by atoms with van der Waals surface area (Å²) >= 11 is 0. The zero-order valence-electron chi connectivity index (χ0n) is 22.8. The molecule has 0 heterocycles. The fraction of sp³-hybridized carbons (Fsp3) is 0.529. The lowest BCUT2D eigenvalue weighted by atomic mass is 9.62. The molecule has 7 rings (SSSR count). The van der Waals surface area contributed by atoms with Crippen LogP contribution in [0.1, 0.15) is 88.8 Å². The maximum atomic E-state index is 11.5. The fourth-order valence-corrected chi connectivity index (χ4v) is 8.56. The van der Waals surface area contributed by atoms with E-state index >= 15 is 0 Å². The number of phenols is 1. The number of benzene rings is 3. The van der Waals surface area contributed by atoms with Crippen molar-refractivity contribution >= 4 is 10.8 Å². The Bertz CT molecular complexity index is 1310. The predicted octanol–water partition coefficient (Wildman–Crippen LogP) is 9.06. The predicted molar refractivity (Wildman–Crippen MR) is 150 cm³/mol. The molecule has 1 N–H and O–H groups in total. The molecule has 3 aromatic carbocycles. The van der Waals surface area contributed by atoms with E-state index in [2.05, 4.69) is 70.2 Å². The molecular weight excluding hydrogens is 440 g/mol. The molecule has 4 aliphatic rings. The van der Waals surface area contributed by atoms with E-state index in [9.17, 15) is 5.11 Å². The van der Waals surface area contributed by atoms with Crippen LogP contribution >= 0.6 is 0 Å². The average Bonchev–Trinajstić information content (AvgIpc) is 2.86. The van der Waals surface area contributed by atoms with Crippen molar-refractivity contribution in [3.8, 4) is 22.6 Å². The Hall–Kier alpha value is -2.48. The third-order valence-electron chi connectivity index (χ3n) is 9.58. The van der Waals surface area contributed by atoms with E-state index < -0.39 is 0 Å². The first-order valence-corrected chi connectivity index (χ1v) is 14.1. The highest BCUT2D eigenvalue weighted by atomic mass is 16.5. The highest BCUT2D eigenvalue weighted by molar-refractivity contribution is 6.03. The average molecular weight is 483 g/mol. The normalized spacial score (nSPS) is 26.4. The molecule has 0 radical (unpaired) electrons. The molecule has 1 unspecified atom stereocenters. The van der Waals surface area contributed by atoms with Crippen molar-refractivity contribution in [2.24, 2.45) is 22.7 Å². The zero-order chi connectivity index (χ0) is 25.2. The first-order valence-electron chi connectivity index (χ1n) is 14.1. The Balaban J connectivity index is 1.61. The minimum atomic E-state index is 0.131. The molecule has 190 valence electrons. The maximum absolute atomic E-state index is 11.5. The molecule has 1 atom stereocenters. The van der Waals surface area contributed by atoms with Gasteiger partial charge in [0.05, 0.1) is 7.11 Å². The maximum Gasteiger partial charge on any atom is 0.123 e. The van der Waals surface area contributed by atoms with Gasteiger partial charge in [-0.25, -0.2) is 0 Å². The van der Waals surface area contributed by atoms with Gasteiger partial charge in [0.1, 0.15) is 11.5 Å². The van der Waals surface area contributed by atoms with Crippen LogP contribution in [0.5, 0.6) is 11.5 Å². The number of fused-ring (bicyclic) bond motifs is 8. The van der Waals surface area contributed by atoms with Crippen molar-refractivity contribution in [3.05, 3.63) is 59.2 Å². The monoisotopic (exact) mass is 482 g/mol. The van der Waals surface area contributed by atoms with E-state index in [-0.39, 0.29) is 10.8 Å². The molecule has 0 spiro atoms. The highest BCUT2D eigenvalue weighted by Crippen LogP contribution is 2.54. The number of phenolic OH excluding ortho intramolecular Hbond substituents is 1. The second-order valence-electron chi connectivity index (χ2n) is 13.7. The number of rotatable bonds is 2. The van der Waals surface area contributed by atoms with Crippen molar-refractivity contribution in [2.75, 3.05) is 7.11 Å². The van der Waals surface area contributed by atoms with Crippen molar-refractivity contribution in [1.29, 1.82) is 0 Å². The van der Waals surface area contributed by atoms with Crippen molar-refractivity contribution in [2.45, 2.75) is 85.0 Å². The summed E-state index contributed by atoms with van der Waals surface area (Å²) in [5.41, 5.74) is 6.90. The van der Waals surface area contributed by atoms with E-state index in [4.69, 9.17) is 4.74 Å². The molecule has 0 amide bonds. The molecule has 3 saturated carbocycles. The van der Waals surface area contributed by atoms with Gasteiger partial charge in [-0.2, -0.15) is 0 Å². The Morgan fingerprint density at radius 1 is 0.833 bits per heavy atom. The lowest BCUT2D eigenvalue weighted by molar-refractivity contribution is 0.143. The topological polar surface area (TPSA) is 29.5 Å². The lowest BCUT2D eigenvalue weighted by Crippen LogP contribution is -2.29. The van der Waals surface area contributed by atoms with Crippen LogP contribution < -0.4 is 4.74 Å². The summed E-state index contributed by atoms with van der Waals surface area (Å²) < 4.78 is 6.11.